The number of rotatable bonds is 5. The lowest BCUT2D eigenvalue weighted by Gasteiger charge is -2.27. The standard InChI is InChI=1S/C21H22N2O4S/c24-15-11-27-16-7-8-23(19(15)16)21(26)14(9-12-5-6-12)22-20(25)18-10-13-3-1-2-4-17(13)28-18/h1-4,10,12,14,16,19H,5-9,11H2,(H,22,25). The van der Waals surface area contributed by atoms with Gasteiger partial charge < -0.3 is 15.0 Å². The Morgan fingerprint density at radius 3 is 2.86 bits per heavy atom. The number of benzene rings is 1. The maximum atomic E-state index is 13.2. The van der Waals surface area contributed by atoms with Crippen LogP contribution >= 0.6 is 11.3 Å². The highest BCUT2D eigenvalue weighted by atomic mass is 32.1. The minimum atomic E-state index is -0.586. The minimum Gasteiger partial charge on any atom is -0.368 e. The number of Topliss-reactive ketones (excluding diaryl/α,β-unsaturated/α-hetero) is 1. The van der Waals surface area contributed by atoms with Gasteiger partial charge in [0.05, 0.1) is 11.0 Å². The number of ketones is 1. The summed E-state index contributed by atoms with van der Waals surface area (Å²) in [6.07, 6.45) is 3.32. The number of ether oxygens (including phenoxy) is 1. The Hall–Kier alpha value is -2.25. The van der Waals surface area contributed by atoms with Crippen molar-refractivity contribution < 1.29 is 19.1 Å². The maximum Gasteiger partial charge on any atom is 0.262 e. The Morgan fingerprint density at radius 2 is 2.07 bits per heavy atom. The monoisotopic (exact) mass is 398 g/mol. The fourth-order valence-corrected chi connectivity index (χ4v) is 5.24. The molecule has 3 aliphatic rings. The van der Waals surface area contributed by atoms with Crippen molar-refractivity contribution in [2.24, 2.45) is 5.92 Å². The van der Waals surface area contributed by atoms with E-state index >= 15 is 0 Å². The summed E-state index contributed by atoms with van der Waals surface area (Å²) < 4.78 is 6.55. The Kier molecular flexibility index (Phi) is 4.44. The zero-order valence-electron chi connectivity index (χ0n) is 15.4. The van der Waals surface area contributed by atoms with Crippen molar-refractivity contribution in [1.82, 2.24) is 10.2 Å². The van der Waals surface area contributed by atoms with Gasteiger partial charge in [-0.15, -0.1) is 11.3 Å². The van der Waals surface area contributed by atoms with E-state index in [0.717, 1.165) is 22.9 Å². The highest BCUT2D eigenvalue weighted by molar-refractivity contribution is 7.20. The van der Waals surface area contributed by atoms with E-state index in [2.05, 4.69) is 5.32 Å². The highest BCUT2D eigenvalue weighted by Gasteiger charge is 2.48. The number of fused-ring (bicyclic) bond motifs is 2. The normalized spacial score (nSPS) is 25.1. The van der Waals surface area contributed by atoms with Crippen LogP contribution < -0.4 is 5.32 Å². The van der Waals surface area contributed by atoms with Gasteiger partial charge >= 0.3 is 0 Å². The molecule has 2 saturated heterocycles. The molecule has 3 unspecified atom stereocenters. The topological polar surface area (TPSA) is 75.7 Å². The summed E-state index contributed by atoms with van der Waals surface area (Å²) in [6.45, 7) is 0.598. The number of amides is 2. The molecule has 7 heteroatoms. The largest absolute Gasteiger partial charge is 0.368 e. The highest BCUT2D eigenvalue weighted by Crippen LogP contribution is 2.35. The van der Waals surface area contributed by atoms with Crippen LogP contribution in [0.1, 0.15) is 35.4 Å². The molecule has 1 aromatic heterocycles. The van der Waals surface area contributed by atoms with E-state index < -0.39 is 12.1 Å². The Morgan fingerprint density at radius 1 is 1.25 bits per heavy atom. The Bertz CT molecular complexity index is 918. The average Bonchev–Trinajstić information content (AvgIpc) is 3.11. The van der Waals surface area contributed by atoms with E-state index in [1.807, 2.05) is 30.3 Å². The van der Waals surface area contributed by atoms with Gasteiger partial charge in [-0.3, -0.25) is 14.4 Å². The van der Waals surface area contributed by atoms with Crippen LogP contribution in [0.4, 0.5) is 0 Å². The Labute approximate surface area is 166 Å². The third kappa shape index (κ3) is 3.22. The van der Waals surface area contributed by atoms with Crippen molar-refractivity contribution in [3.63, 3.8) is 0 Å². The van der Waals surface area contributed by atoms with Gasteiger partial charge in [0.1, 0.15) is 18.7 Å². The summed E-state index contributed by atoms with van der Waals surface area (Å²) in [5, 5.41) is 3.99. The lowest BCUT2D eigenvalue weighted by atomic mass is 10.1. The first-order chi connectivity index (χ1) is 13.6. The lowest BCUT2D eigenvalue weighted by Crippen LogP contribution is -2.52. The van der Waals surface area contributed by atoms with Gasteiger partial charge in [0, 0.05) is 11.2 Å². The molecular weight excluding hydrogens is 376 g/mol. The number of hydrogen-bond acceptors (Lipinski definition) is 5. The summed E-state index contributed by atoms with van der Waals surface area (Å²) in [7, 11) is 0. The first-order valence-corrected chi connectivity index (χ1v) is 10.7. The number of nitrogens with zero attached hydrogens (tertiary/aromatic N) is 1. The van der Waals surface area contributed by atoms with Crippen molar-refractivity contribution in [3.05, 3.63) is 35.2 Å². The number of carbonyl (C=O) groups excluding carboxylic acids is 3. The summed E-state index contributed by atoms with van der Waals surface area (Å²) in [4.78, 5) is 40.5. The van der Waals surface area contributed by atoms with E-state index in [0.29, 0.717) is 30.2 Å². The van der Waals surface area contributed by atoms with Crippen molar-refractivity contribution in [3.8, 4) is 0 Å². The van der Waals surface area contributed by atoms with E-state index in [4.69, 9.17) is 4.74 Å². The molecule has 3 atom stereocenters. The van der Waals surface area contributed by atoms with Gasteiger partial charge in [-0.25, -0.2) is 0 Å². The van der Waals surface area contributed by atoms with Crippen LogP contribution in [0.2, 0.25) is 0 Å². The smallest absolute Gasteiger partial charge is 0.262 e. The number of nitrogens with one attached hydrogen (secondary N) is 1. The molecule has 1 N–H and O–H groups in total. The molecule has 28 heavy (non-hydrogen) atoms. The molecule has 1 saturated carbocycles. The van der Waals surface area contributed by atoms with E-state index in [9.17, 15) is 14.4 Å². The second kappa shape index (κ2) is 6.97. The fraction of sp³-hybridized carbons (Fsp3) is 0.476. The molecule has 1 aromatic carbocycles. The molecule has 0 radical (unpaired) electrons. The van der Waals surface area contributed by atoms with Gasteiger partial charge in [0.15, 0.2) is 5.78 Å². The third-order valence-electron chi connectivity index (χ3n) is 5.91. The zero-order valence-corrected chi connectivity index (χ0v) is 16.2. The van der Waals surface area contributed by atoms with Crippen LogP contribution in [0.15, 0.2) is 30.3 Å². The van der Waals surface area contributed by atoms with Crippen molar-refractivity contribution >= 4 is 39.0 Å². The number of carbonyl (C=O) groups is 3. The Balaban J connectivity index is 1.35. The van der Waals surface area contributed by atoms with Crippen molar-refractivity contribution in [2.75, 3.05) is 13.2 Å². The predicted molar refractivity (Wildman–Crippen MR) is 105 cm³/mol. The summed E-state index contributed by atoms with van der Waals surface area (Å²) >= 11 is 1.43. The van der Waals surface area contributed by atoms with Crippen LogP contribution in [0.5, 0.6) is 0 Å². The molecule has 146 valence electrons. The van der Waals surface area contributed by atoms with Crippen molar-refractivity contribution in [2.45, 2.75) is 43.9 Å². The maximum absolute atomic E-state index is 13.2. The fourth-order valence-electron chi connectivity index (χ4n) is 4.27. The molecule has 0 spiro atoms. The van der Waals surface area contributed by atoms with Crippen LogP contribution in [0, 0.1) is 5.92 Å². The van der Waals surface area contributed by atoms with E-state index in [1.165, 1.54) is 11.3 Å². The molecule has 6 nitrogen and oxygen atoms in total. The average molecular weight is 398 g/mol. The van der Waals surface area contributed by atoms with Crippen LogP contribution in [-0.2, 0) is 14.3 Å². The molecule has 0 bridgehead atoms. The molecule has 2 aromatic rings. The predicted octanol–water partition coefficient (Wildman–Crippen LogP) is 2.37. The molecule has 3 fully saturated rings. The van der Waals surface area contributed by atoms with Gasteiger partial charge in [0.2, 0.25) is 5.91 Å². The summed E-state index contributed by atoms with van der Waals surface area (Å²) in [6, 6.07) is 8.66. The minimum absolute atomic E-state index is 0.0307. The zero-order chi connectivity index (χ0) is 19.3. The SMILES string of the molecule is O=C(NC(CC1CC1)C(=O)N1CCC2OCC(=O)C21)c1cc2ccccc2s1. The van der Waals surface area contributed by atoms with Crippen LogP contribution in [0.3, 0.4) is 0 Å². The molecule has 3 heterocycles. The third-order valence-corrected chi connectivity index (χ3v) is 7.03. The lowest BCUT2D eigenvalue weighted by molar-refractivity contribution is -0.138. The van der Waals surface area contributed by atoms with Gasteiger partial charge in [0.25, 0.3) is 5.91 Å². The first-order valence-electron chi connectivity index (χ1n) is 9.84. The number of likely N-dealkylation sites (tertiary alicyclic amines) is 1. The van der Waals surface area contributed by atoms with E-state index in [1.54, 1.807) is 4.90 Å². The molecule has 5 rings (SSSR count). The summed E-state index contributed by atoms with van der Waals surface area (Å²) in [5.74, 6) is 0.0834. The van der Waals surface area contributed by atoms with Gasteiger partial charge in [-0.05, 0) is 36.3 Å². The van der Waals surface area contributed by atoms with Crippen LogP contribution in [0.25, 0.3) is 10.1 Å². The second-order valence-corrected chi connectivity index (χ2v) is 9.02. The van der Waals surface area contributed by atoms with Crippen molar-refractivity contribution in [1.29, 1.82) is 0 Å². The van der Waals surface area contributed by atoms with E-state index in [-0.39, 0.29) is 30.3 Å². The molecule has 1 aliphatic carbocycles. The summed E-state index contributed by atoms with van der Waals surface area (Å²) in [5.41, 5.74) is 0. The number of hydrogen-bond donors (Lipinski definition) is 1. The first kappa shape index (κ1) is 17.8. The molecule has 2 amide bonds. The quantitative estimate of drug-likeness (QED) is 0.839. The van der Waals surface area contributed by atoms with Gasteiger partial charge in [-0.2, -0.15) is 0 Å². The van der Waals surface area contributed by atoms with Gasteiger partial charge in [-0.1, -0.05) is 31.0 Å². The molecule has 2 aliphatic heterocycles. The number of thiophene rings is 1. The molecular formula is C21H22N2O4S. The second-order valence-electron chi connectivity index (χ2n) is 7.93. The van der Waals surface area contributed by atoms with Crippen LogP contribution in [-0.4, -0.2) is 53.8 Å².